The molecule has 0 saturated carbocycles. The van der Waals surface area contributed by atoms with Crippen LogP contribution in [0.2, 0.25) is 0 Å². The summed E-state index contributed by atoms with van der Waals surface area (Å²) in [7, 11) is 1.68. The zero-order valence-electron chi connectivity index (χ0n) is 11.0. The predicted octanol–water partition coefficient (Wildman–Crippen LogP) is 1.14. The van der Waals surface area contributed by atoms with Crippen molar-refractivity contribution in [3.05, 3.63) is 29.8 Å². The predicted molar refractivity (Wildman–Crippen MR) is 69.7 cm³/mol. The van der Waals surface area contributed by atoms with Crippen LogP contribution in [0.4, 0.5) is 0 Å². The van der Waals surface area contributed by atoms with Crippen molar-refractivity contribution in [2.45, 2.75) is 12.5 Å². The lowest BCUT2D eigenvalue weighted by molar-refractivity contribution is 0.0496. The minimum atomic E-state index is -0.437. The van der Waals surface area contributed by atoms with Gasteiger partial charge in [-0.3, -0.25) is 0 Å². The number of nitrogens with one attached hydrogen (secondary N) is 1. The molecule has 0 saturated heterocycles. The van der Waals surface area contributed by atoms with Gasteiger partial charge >= 0.3 is 0 Å². The van der Waals surface area contributed by atoms with Crippen molar-refractivity contribution in [2.24, 2.45) is 5.92 Å². The van der Waals surface area contributed by atoms with E-state index in [2.05, 4.69) is 12.2 Å². The summed E-state index contributed by atoms with van der Waals surface area (Å²) < 4.78 is 10.8. The van der Waals surface area contributed by atoms with E-state index >= 15 is 0 Å². The van der Waals surface area contributed by atoms with Gasteiger partial charge in [-0.15, -0.1) is 0 Å². The van der Waals surface area contributed by atoms with E-state index in [0.29, 0.717) is 19.8 Å². The monoisotopic (exact) mass is 251 g/mol. The number of aliphatic hydroxyl groups excluding tert-OH is 1. The molecule has 100 valence electrons. The fraction of sp³-hybridized carbons (Fsp3) is 0.571. The van der Waals surface area contributed by atoms with Gasteiger partial charge in [0.2, 0.25) is 0 Å². The summed E-state index contributed by atoms with van der Waals surface area (Å²) in [6.07, 6.45) is 0. The first-order chi connectivity index (χ1) is 8.74. The lowest BCUT2D eigenvalue weighted by Gasteiger charge is -2.43. The highest BCUT2D eigenvalue weighted by Crippen LogP contribution is 2.39. The van der Waals surface area contributed by atoms with Gasteiger partial charge in [-0.2, -0.15) is 0 Å². The van der Waals surface area contributed by atoms with Crippen LogP contribution in [0.1, 0.15) is 12.5 Å². The normalized spacial score (nSPS) is 26.5. The Morgan fingerprint density at radius 3 is 3.00 bits per heavy atom. The summed E-state index contributed by atoms with van der Waals surface area (Å²) in [6.45, 7) is 4.08. The van der Waals surface area contributed by atoms with Gasteiger partial charge in [0.25, 0.3) is 0 Å². The highest BCUT2D eigenvalue weighted by atomic mass is 16.5. The van der Waals surface area contributed by atoms with E-state index in [0.717, 1.165) is 11.3 Å². The van der Waals surface area contributed by atoms with Crippen molar-refractivity contribution in [1.82, 2.24) is 5.32 Å². The topological polar surface area (TPSA) is 50.7 Å². The molecule has 1 aromatic rings. The highest BCUT2D eigenvalue weighted by molar-refractivity contribution is 5.41. The van der Waals surface area contributed by atoms with E-state index in [1.54, 1.807) is 7.11 Å². The van der Waals surface area contributed by atoms with Crippen molar-refractivity contribution in [2.75, 3.05) is 33.5 Å². The van der Waals surface area contributed by atoms with Crippen LogP contribution in [-0.2, 0) is 10.3 Å². The summed E-state index contributed by atoms with van der Waals surface area (Å²) in [5, 5.41) is 13.3. The van der Waals surface area contributed by atoms with Crippen LogP contribution < -0.4 is 10.1 Å². The Morgan fingerprint density at radius 2 is 2.28 bits per heavy atom. The molecule has 4 heteroatoms. The molecule has 0 radical (unpaired) electrons. The molecule has 2 atom stereocenters. The average Bonchev–Trinajstić information content (AvgIpc) is 2.42. The molecule has 0 fully saturated rings. The summed E-state index contributed by atoms with van der Waals surface area (Å²) >= 11 is 0. The molecule has 2 N–H and O–H groups in total. The number of aliphatic hydroxyl groups is 1. The number of methoxy groups -OCH3 is 1. The Morgan fingerprint density at radius 1 is 1.50 bits per heavy atom. The number of ether oxygens (including phenoxy) is 2. The Labute approximate surface area is 108 Å². The van der Waals surface area contributed by atoms with Gasteiger partial charge in [0.05, 0.1) is 25.4 Å². The molecular weight excluding hydrogens is 230 g/mol. The molecule has 0 aromatic heterocycles. The first kappa shape index (κ1) is 13.3. The molecule has 1 aliphatic rings. The highest BCUT2D eigenvalue weighted by Gasteiger charge is 2.42. The lowest BCUT2D eigenvalue weighted by atomic mass is 9.77. The quantitative estimate of drug-likeness (QED) is 0.771. The van der Waals surface area contributed by atoms with Crippen LogP contribution in [0.3, 0.4) is 0 Å². The van der Waals surface area contributed by atoms with Gasteiger partial charge in [0.15, 0.2) is 0 Å². The molecule has 18 heavy (non-hydrogen) atoms. The molecule has 0 amide bonds. The summed E-state index contributed by atoms with van der Waals surface area (Å²) in [5.74, 6) is 1.06. The number of benzene rings is 1. The van der Waals surface area contributed by atoms with Crippen LogP contribution in [-0.4, -0.2) is 38.6 Å². The molecular formula is C14H21NO3. The standard InChI is InChI=1S/C14H21NO3/c1-11-9-18-13-6-4-3-5-12(13)14(11,10-16)15-7-8-17-2/h3-6,11,15-16H,7-10H2,1-2H3. The molecule has 4 nitrogen and oxygen atoms in total. The van der Waals surface area contributed by atoms with Crippen LogP contribution in [0.5, 0.6) is 5.75 Å². The molecule has 1 aliphatic heterocycles. The first-order valence-electron chi connectivity index (χ1n) is 6.31. The van der Waals surface area contributed by atoms with E-state index in [1.807, 2.05) is 24.3 Å². The molecule has 2 rings (SSSR count). The maximum absolute atomic E-state index is 9.90. The number of fused-ring (bicyclic) bond motifs is 1. The largest absolute Gasteiger partial charge is 0.493 e. The van der Waals surface area contributed by atoms with Crippen LogP contribution >= 0.6 is 0 Å². The van der Waals surface area contributed by atoms with Crippen LogP contribution in [0, 0.1) is 5.92 Å². The van der Waals surface area contributed by atoms with Crippen molar-refractivity contribution in [3.8, 4) is 5.75 Å². The zero-order valence-corrected chi connectivity index (χ0v) is 11.0. The molecule has 2 unspecified atom stereocenters. The van der Waals surface area contributed by atoms with E-state index < -0.39 is 5.54 Å². The first-order valence-corrected chi connectivity index (χ1v) is 6.31. The van der Waals surface area contributed by atoms with Gasteiger partial charge in [-0.25, -0.2) is 0 Å². The fourth-order valence-corrected chi connectivity index (χ4v) is 2.53. The Bertz CT molecular complexity index is 396. The summed E-state index contributed by atoms with van der Waals surface area (Å²) in [5.41, 5.74) is 0.593. The molecule has 1 aromatic carbocycles. The van der Waals surface area contributed by atoms with Gasteiger partial charge in [-0.05, 0) is 6.07 Å². The van der Waals surface area contributed by atoms with Gasteiger partial charge in [0, 0.05) is 25.1 Å². The second-order valence-electron chi connectivity index (χ2n) is 4.76. The third-order valence-electron chi connectivity index (χ3n) is 3.69. The maximum Gasteiger partial charge on any atom is 0.124 e. The van der Waals surface area contributed by atoms with E-state index in [4.69, 9.17) is 9.47 Å². The molecule has 0 bridgehead atoms. The smallest absolute Gasteiger partial charge is 0.124 e. The number of hydrogen-bond donors (Lipinski definition) is 2. The van der Waals surface area contributed by atoms with Crippen molar-refractivity contribution < 1.29 is 14.6 Å². The van der Waals surface area contributed by atoms with E-state index in [9.17, 15) is 5.11 Å². The second-order valence-corrected chi connectivity index (χ2v) is 4.76. The Balaban J connectivity index is 2.31. The Kier molecular flexibility index (Phi) is 4.22. The molecule has 0 aliphatic carbocycles. The number of hydrogen-bond acceptors (Lipinski definition) is 4. The van der Waals surface area contributed by atoms with E-state index in [-0.39, 0.29) is 12.5 Å². The Hall–Kier alpha value is -1.10. The summed E-state index contributed by atoms with van der Waals surface area (Å²) in [4.78, 5) is 0. The number of para-hydroxylation sites is 1. The van der Waals surface area contributed by atoms with Crippen molar-refractivity contribution >= 4 is 0 Å². The minimum Gasteiger partial charge on any atom is -0.493 e. The number of rotatable bonds is 5. The molecule has 0 spiro atoms. The van der Waals surface area contributed by atoms with Crippen molar-refractivity contribution in [3.63, 3.8) is 0 Å². The van der Waals surface area contributed by atoms with Crippen LogP contribution in [0.15, 0.2) is 24.3 Å². The van der Waals surface area contributed by atoms with Gasteiger partial charge < -0.3 is 19.9 Å². The SMILES string of the molecule is COCCNC1(CO)c2ccccc2OCC1C. The second kappa shape index (κ2) is 5.69. The van der Waals surface area contributed by atoms with Gasteiger partial charge in [-0.1, -0.05) is 25.1 Å². The average molecular weight is 251 g/mol. The van der Waals surface area contributed by atoms with Gasteiger partial charge in [0.1, 0.15) is 5.75 Å². The molecule has 1 heterocycles. The maximum atomic E-state index is 9.90. The summed E-state index contributed by atoms with van der Waals surface area (Å²) in [6, 6.07) is 7.89. The minimum absolute atomic E-state index is 0.0538. The third kappa shape index (κ3) is 2.23. The lowest BCUT2D eigenvalue weighted by Crippen LogP contribution is -2.55. The van der Waals surface area contributed by atoms with Crippen LogP contribution in [0.25, 0.3) is 0 Å². The van der Waals surface area contributed by atoms with Crippen molar-refractivity contribution in [1.29, 1.82) is 0 Å². The van der Waals surface area contributed by atoms with E-state index in [1.165, 1.54) is 0 Å². The zero-order chi connectivity index (χ0) is 13.0. The third-order valence-corrected chi connectivity index (χ3v) is 3.69. The fourth-order valence-electron chi connectivity index (χ4n) is 2.53.